The van der Waals surface area contributed by atoms with Crippen LogP contribution in [0.5, 0.6) is 5.75 Å². The van der Waals surface area contributed by atoms with Gasteiger partial charge in [0, 0.05) is 5.69 Å². The molecular weight excluding hydrogens is 374 g/mol. The Morgan fingerprint density at radius 2 is 1.79 bits per heavy atom. The van der Waals surface area contributed by atoms with Crippen LogP contribution in [0.1, 0.15) is 26.8 Å². The number of hydrogen-bond donors (Lipinski definition) is 2. The van der Waals surface area contributed by atoms with Crippen molar-refractivity contribution in [2.45, 2.75) is 13.0 Å². The average molecular weight is 391 g/mol. The minimum Gasteiger partial charge on any atom is -0.508 e. The Labute approximate surface area is 165 Å². The van der Waals surface area contributed by atoms with Gasteiger partial charge in [-0.2, -0.15) is 0 Å². The molecule has 0 saturated carbocycles. The van der Waals surface area contributed by atoms with Crippen LogP contribution in [0, 0.1) is 6.92 Å². The first-order valence-corrected chi connectivity index (χ1v) is 9.56. The molecule has 3 aromatic rings. The highest BCUT2D eigenvalue weighted by Crippen LogP contribution is 2.42. The summed E-state index contributed by atoms with van der Waals surface area (Å²) in [6.45, 7) is 1.91. The summed E-state index contributed by atoms with van der Waals surface area (Å²) in [4.78, 5) is 28.0. The molecular formula is C22H17NO4S. The van der Waals surface area contributed by atoms with Gasteiger partial charge in [-0.05, 0) is 53.8 Å². The maximum absolute atomic E-state index is 13.1. The highest BCUT2D eigenvalue weighted by atomic mass is 32.1. The number of amides is 1. The summed E-state index contributed by atoms with van der Waals surface area (Å²) in [7, 11) is 0. The third kappa shape index (κ3) is 2.97. The Bertz CT molecular complexity index is 1080. The molecule has 2 aromatic carbocycles. The molecule has 0 fully saturated rings. The monoisotopic (exact) mass is 391 g/mol. The fourth-order valence-corrected chi connectivity index (χ4v) is 4.07. The number of phenolic OH excluding ortho intramolecular Hbond substituents is 1. The molecule has 1 amide bonds. The molecule has 1 aromatic heterocycles. The number of benzene rings is 2. The smallest absolute Gasteiger partial charge is 0.294 e. The summed E-state index contributed by atoms with van der Waals surface area (Å²) < 4.78 is 0. The number of phenols is 1. The van der Waals surface area contributed by atoms with Crippen LogP contribution in [-0.2, 0) is 4.79 Å². The van der Waals surface area contributed by atoms with Gasteiger partial charge in [-0.1, -0.05) is 30.3 Å². The summed E-state index contributed by atoms with van der Waals surface area (Å²) >= 11 is 1.26. The Kier molecular flexibility index (Phi) is 4.49. The number of aryl methyl sites for hydroxylation is 1. The molecule has 1 unspecified atom stereocenters. The summed E-state index contributed by atoms with van der Waals surface area (Å²) in [5, 5.41) is 22.1. The number of aliphatic hydroxyl groups is 1. The van der Waals surface area contributed by atoms with Crippen molar-refractivity contribution in [3.05, 3.63) is 93.4 Å². The van der Waals surface area contributed by atoms with Crippen molar-refractivity contribution in [1.82, 2.24) is 0 Å². The fraction of sp³-hybridized carbons (Fsp3) is 0.0909. The molecule has 0 spiro atoms. The topological polar surface area (TPSA) is 77.8 Å². The van der Waals surface area contributed by atoms with E-state index in [-0.39, 0.29) is 17.1 Å². The number of anilines is 1. The first-order chi connectivity index (χ1) is 13.5. The van der Waals surface area contributed by atoms with Gasteiger partial charge in [0.15, 0.2) is 5.76 Å². The molecule has 2 N–H and O–H groups in total. The number of rotatable bonds is 4. The molecule has 1 atom stereocenters. The van der Waals surface area contributed by atoms with Gasteiger partial charge in [-0.25, -0.2) is 0 Å². The van der Waals surface area contributed by atoms with E-state index in [0.717, 1.165) is 5.56 Å². The Morgan fingerprint density at radius 1 is 1.04 bits per heavy atom. The van der Waals surface area contributed by atoms with Gasteiger partial charge in [-0.15, -0.1) is 11.3 Å². The lowest BCUT2D eigenvalue weighted by Gasteiger charge is -2.27. The van der Waals surface area contributed by atoms with Gasteiger partial charge < -0.3 is 10.2 Å². The summed E-state index contributed by atoms with van der Waals surface area (Å²) in [5.74, 6) is -1.47. The second kappa shape index (κ2) is 6.98. The van der Waals surface area contributed by atoms with Gasteiger partial charge in [0.2, 0.25) is 5.78 Å². The Balaban J connectivity index is 1.89. The van der Waals surface area contributed by atoms with Crippen molar-refractivity contribution in [3.8, 4) is 5.75 Å². The lowest BCUT2D eigenvalue weighted by Crippen LogP contribution is -2.31. The van der Waals surface area contributed by atoms with Crippen molar-refractivity contribution in [2.75, 3.05) is 4.90 Å². The predicted octanol–water partition coefficient (Wildman–Crippen LogP) is 4.55. The van der Waals surface area contributed by atoms with Gasteiger partial charge >= 0.3 is 0 Å². The molecule has 140 valence electrons. The van der Waals surface area contributed by atoms with E-state index < -0.39 is 17.7 Å². The minimum absolute atomic E-state index is 0.0413. The maximum Gasteiger partial charge on any atom is 0.294 e. The lowest BCUT2D eigenvalue weighted by molar-refractivity contribution is -0.117. The number of hydrogen-bond acceptors (Lipinski definition) is 5. The SMILES string of the molecule is Cc1cccc(N2C(=O)C(O)=C(C(=O)c3cccs3)C2c2ccc(O)cc2)c1. The molecule has 5 nitrogen and oxygen atoms in total. The molecule has 0 aliphatic carbocycles. The van der Waals surface area contributed by atoms with Crippen LogP contribution in [0.3, 0.4) is 0 Å². The molecule has 0 bridgehead atoms. The molecule has 0 saturated heterocycles. The lowest BCUT2D eigenvalue weighted by atomic mass is 9.95. The van der Waals surface area contributed by atoms with E-state index in [1.54, 1.807) is 35.7 Å². The largest absolute Gasteiger partial charge is 0.508 e. The molecule has 1 aliphatic rings. The van der Waals surface area contributed by atoms with Crippen molar-refractivity contribution in [3.63, 3.8) is 0 Å². The number of carbonyl (C=O) groups excluding carboxylic acids is 2. The minimum atomic E-state index is -0.788. The van der Waals surface area contributed by atoms with Crippen LogP contribution in [0.25, 0.3) is 0 Å². The quantitative estimate of drug-likeness (QED) is 0.640. The predicted molar refractivity (Wildman–Crippen MR) is 108 cm³/mol. The second-order valence-corrected chi connectivity index (χ2v) is 7.52. The van der Waals surface area contributed by atoms with E-state index in [4.69, 9.17) is 0 Å². The van der Waals surface area contributed by atoms with E-state index in [9.17, 15) is 19.8 Å². The molecule has 28 heavy (non-hydrogen) atoms. The third-order valence-electron chi connectivity index (χ3n) is 4.69. The molecule has 1 aliphatic heterocycles. The third-order valence-corrected chi connectivity index (χ3v) is 5.56. The molecule has 2 heterocycles. The first kappa shape index (κ1) is 18.0. The van der Waals surface area contributed by atoms with E-state index in [2.05, 4.69) is 0 Å². The summed E-state index contributed by atoms with van der Waals surface area (Å²) in [6, 6.07) is 16.2. The van der Waals surface area contributed by atoms with E-state index in [0.29, 0.717) is 16.1 Å². The standard InChI is InChI=1S/C22H17NO4S/c1-13-4-2-5-15(12-13)23-19(14-7-9-16(24)10-8-14)18(21(26)22(23)27)20(25)17-6-3-11-28-17/h2-12,19,24,26H,1H3. The van der Waals surface area contributed by atoms with E-state index in [1.807, 2.05) is 25.1 Å². The van der Waals surface area contributed by atoms with Crippen LogP contribution >= 0.6 is 11.3 Å². The highest BCUT2D eigenvalue weighted by Gasteiger charge is 2.44. The molecule has 4 rings (SSSR count). The number of Topliss-reactive ketones (excluding diaryl/α,β-unsaturated/α-hetero) is 1. The first-order valence-electron chi connectivity index (χ1n) is 8.68. The zero-order chi connectivity index (χ0) is 19.8. The van der Waals surface area contributed by atoms with Crippen LogP contribution in [0.2, 0.25) is 0 Å². The van der Waals surface area contributed by atoms with Crippen LogP contribution < -0.4 is 4.90 Å². The van der Waals surface area contributed by atoms with Gasteiger partial charge in [0.1, 0.15) is 5.75 Å². The average Bonchev–Trinajstić information content (AvgIpc) is 3.30. The molecule has 0 radical (unpaired) electrons. The summed E-state index contributed by atoms with van der Waals surface area (Å²) in [6.07, 6.45) is 0. The van der Waals surface area contributed by atoms with Gasteiger partial charge in [0.05, 0.1) is 16.5 Å². The number of aliphatic hydroxyl groups excluding tert-OH is 1. The van der Waals surface area contributed by atoms with Crippen molar-refractivity contribution < 1.29 is 19.8 Å². The number of aromatic hydroxyl groups is 1. The number of ketones is 1. The van der Waals surface area contributed by atoms with E-state index >= 15 is 0 Å². The Hall–Kier alpha value is -3.38. The van der Waals surface area contributed by atoms with Crippen LogP contribution in [0.15, 0.2) is 77.4 Å². The molecule has 6 heteroatoms. The Morgan fingerprint density at radius 3 is 2.43 bits per heavy atom. The highest BCUT2D eigenvalue weighted by molar-refractivity contribution is 7.12. The maximum atomic E-state index is 13.1. The number of thiophene rings is 1. The van der Waals surface area contributed by atoms with Crippen LogP contribution in [0.4, 0.5) is 5.69 Å². The van der Waals surface area contributed by atoms with Crippen molar-refractivity contribution >= 4 is 28.7 Å². The van der Waals surface area contributed by atoms with E-state index in [1.165, 1.54) is 28.4 Å². The zero-order valence-electron chi connectivity index (χ0n) is 15.0. The summed E-state index contributed by atoms with van der Waals surface area (Å²) in [5.41, 5.74) is 2.20. The van der Waals surface area contributed by atoms with Crippen molar-refractivity contribution in [1.29, 1.82) is 0 Å². The van der Waals surface area contributed by atoms with Gasteiger partial charge in [0.25, 0.3) is 5.91 Å². The van der Waals surface area contributed by atoms with Crippen LogP contribution in [-0.4, -0.2) is 21.9 Å². The van der Waals surface area contributed by atoms with Gasteiger partial charge in [-0.3, -0.25) is 14.5 Å². The second-order valence-electron chi connectivity index (χ2n) is 6.58. The zero-order valence-corrected chi connectivity index (χ0v) is 15.8. The fourth-order valence-electron chi connectivity index (χ4n) is 3.39. The number of carbonyl (C=O) groups is 2. The van der Waals surface area contributed by atoms with Crippen molar-refractivity contribution in [2.24, 2.45) is 0 Å². The number of nitrogens with zero attached hydrogens (tertiary/aromatic N) is 1. The normalized spacial score (nSPS) is 16.7.